The molecule has 5 atom stereocenters. The molecule has 2 aliphatic carbocycles. The van der Waals surface area contributed by atoms with Crippen molar-refractivity contribution < 1.29 is 18.3 Å². The molecule has 2 aromatic rings. The van der Waals surface area contributed by atoms with E-state index in [2.05, 4.69) is 47.7 Å². The van der Waals surface area contributed by atoms with Gasteiger partial charge in [-0.1, -0.05) is 68.2 Å². The maximum atomic E-state index is 13.9. The third-order valence-corrected chi connectivity index (χ3v) is 10.7. The van der Waals surface area contributed by atoms with E-state index in [4.69, 9.17) is 0 Å². The van der Waals surface area contributed by atoms with Gasteiger partial charge in [-0.25, -0.2) is 8.42 Å². The molecular formula is C36H50N4O4S. The Kier molecular flexibility index (Phi) is 12.1. The first-order chi connectivity index (χ1) is 21.5. The van der Waals surface area contributed by atoms with Crippen LogP contribution in [0.4, 0.5) is 11.4 Å². The number of nitrogens with one attached hydrogen (secondary N) is 3. The van der Waals surface area contributed by atoms with Crippen molar-refractivity contribution in [3.05, 3.63) is 71.8 Å². The van der Waals surface area contributed by atoms with Crippen LogP contribution in [0.15, 0.2) is 60.7 Å². The van der Waals surface area contributed by atoms with E-state index in [1.54, 1.807) is 32.0 Å². The summed E-state index contributed by atoms with van der Waals surface area (Å²) in [6, 6.07) is 14.1. The van der Waals surface area contributed by atoms with E-state index in [0.29, 0.717) is 41.1 Å². The Labute approximate surface area is 270 Å². The number of aliphatic hydroxyl groups is 1. The smallest absolute Gasteiger partial charge is 0.251 e. The predicted octanol–water partition coefficient (Wildman–Crippen LogP) is 4.97. The Balaban J connectivity index is 1.56. The topological polar surface area (TPSA) is 111 Å². The lowest BCUT2D eigenvalue weighted by atomic mass is 10.00. The molecule has 0 saturated heterocycles. The van der Waals surface area contributed by atoms with Crippen LogP contribution in [0.3, 0.4) is 0 Å². The van der Waals surface area contributed by atoms with Crippen molar-refractivity contribution in [1.29, 1.82) is 0 Å². The summed E-state index contributed by atoms with van der Waals surface area (Å²) in [6.45, 7) is 8.54. The number of nitrogens with zero attached hydrogens (tertiary/aromatic N) is 1. The lowest BCUT2D eigenvalue weighted by Gasteiger charge is -2.26. The van der Waals surface area contributed by atoms with Crippen molar-refractivity contribution in [3.63, 3.8) is 0 Å². The van der Waals surface area contributed by atoms with Crippen LogP contribution in [0.5, 0.6) is 0 Å². The summed E-state index contributed by atoms with van der Waals surface area (Å²) >= 11 is 0. The standard InChI is InChI=1S/C36H50N4O4S/c1-6-7-13-31(17-16-27-14-15-27)38-24-35(41)34(19-28-11-9-8-10-12-28)39-36(42)29-20-32(37-23-30-18-26(30)4)22-33(21-29)40(5)45(43,44)25(2)3/h7-13,20-22,25-27,30-31,34-35,37-38,41H,6,14-15,18-19,23-24H2,1-5H3,(H,39,42). The van der Waals surface area contributed by atoms with Crippen LogP contribution in [0.1, 0.15) is 69.3 Å². The number of carbonyl (C=O) groups is 1. The molecule has 0 aliphatic heterocycles. The molecule has 4 rings (SSSR count). The molecule has 9 heteroatoms. The predicted molar refractivity (Wildman–Crippen MR) is 184 cm³/mol. The van der Waals surface area contributed by atoms with Crippen LogP contribution < -0.4 is 20.3 Å². The SMILES string of the molecule is CCC=CC(C#CC1CC1)NCC(O)C(Cc1ccccc1)NC(=O)c1cc(NCC2CC2C)cc(N(C)S(=O)(=O)C(C)C)c1. The van der Waals surface area contributed by atoms with E-state index < -0.39 is 27.4 Å². The molecule has 0 aromatic heterocycles. The first-order valence-corrected chi connectivity index (χ1v) is 17.8. The minimum absolute atomic E-state index is 0.189. The highest BCUT2D eigenvalue weighted by molar-refractivity contribution is 7.93. The number of amides is 1. The molecule has 8 nitrogen and oxygen atoms in total. The Morgan fingerprint density at radius 1 is 1.16 bits per heavy atom. The molecule has 5 unspecified atom stereocenters. The van der Waals surface area contributed by atoms with E-state index in [1.807, 2.05) is 36.4 Å². The van der Waals surface area contributed by atoms with Crippen molar-refractivity contribution in [2.24, 2.45) is 17.8 Å². The average molecular weight is 635 g/mol. The maximum absolute atomic E-state index is 13.9. The fourth-order valence-electron chi connectivity index (χ4n) is 5.09. The van der Waals surface area contributed by atoms with Crippen molar-refractivity contribution in [2.45, 2.75) is 83.2 Å². The lowest BCUT2D eigenvalue weighted by Crippen LogP contribution is -2.49. The largest absolute Gasteiger partial charge is 0.390 e. The highest BCUT2D eigenvalue weighted by Crippen LogP contribution is 2.38. The van der Waals surface area contributed by atoms with Crippen molar-refractivity contribution in [3.8, 4) is 11.8 Å². The quantitative estimate of drug-likeness (QED) is 0.153. The van der Waals surface area contributed by atoms with Crippen LogP contribution in [0.25, 0.3) is 0 Å². The summed E-state index contributed by atoms with van der Waals surface area (Å²) in [6.07, 6.45) is 7.92. The normalized spacial score (nSPS) is 19.8. The average Bonchev–Trinajstić information content (AvgIpc) is 3.97. The zero-order valence-electron chi connectivity index (χ0n) is 27.3. The van der Waals surface area contributed by atoms with E-state index in [-0.39, 0.29) is 18.5 Å². The second-order valence-electron chi connectivity index (χ2n) is 12.8. The summed E-state index contributed by atoms with van der Waals surface area (Å²) in [5.41, 5.74) is 2.39. The monoisotopic (exact) mass is 634 g/mol. The van der Waals surface area contributed by atoms with Gasteiger partial charge in [0.2, 0.25) is 10.0 Å². The van der Waals surface area contributed by atoms with Gasteiger partial charge in [-0.05, 0) is 81.5 Å². The van der Waals surface area contributed by atoms with Crippen LogP contribution in [0.2, 0.25) is 0 Å². The molecule has 0 radical (unpaired) electrons. The number of hydrogen-bond acceptors (Lipinski definition) is 6. The molecular weight excluding hydrogens is 584 g/mol. The number of hydrogen-bond donors (Lipinski definition) is 4. The van der Waals surface area contributed by atoms with Gasteiger partial charge >= 0.3 is 0 Å². The zero-order chi connectivity index (χ0) is 32.6. The zero-order valence-corrected chi connectivity index (χ0v) is 28.1. The maximum Gasteiger partial charge on any atom is 0.251 e. The van der Waals surface area contributed by atoms with Gasteiger partial charge in [-0.15, -0.1) is 0 Å². The van der Waals surface area contributed by atoms with Gasteiger partial charge in [0, 0.05) is 37.3 Å². The second kappa shape index (κ2) is 15.8. The van der Waals surface area contributed by atoms with Gasteiger partial charge < -0.3 is 15.7 Å². The van der Waals surface area contributed by atoms with Gasteiger partial charge in [-0.2, -0.15) is 0 Å². The Bertz CT molecular complexity index is 1480. The van der Waals surface area contributed by atoms with Gasteiger partial charge in [0.05, 0.1) is 29.1 Å². The summed E-state index contributed by atoms with van der Waals surface area (Å²) < 4.78 is 27.3. The first-order valence-electron chi connectivity index (χ1n) is 16.3. The minimum atomic E-state index is -3.61. The van der Waals surface area contributed by atoms with Crippen molar-refractivity contribution >= 4 is 27.3 Å². The summed E-state index contributed by atoms with van der Waals surface area (Å²) in [7, 11) is -2.10. The number of sulfonamides is 1. The number of rotatable bonds is 16. The number of allylic oxidation sites excluding steroid dienone is 1. The Morgan fingerprint density at radius 2 is 1.87 bits per heavy atom. The molecule has 0 spiro atoms. The van der Waals surface area contributed by atoms with E-state index in [0.717, 1.165) is 37.8 Å². The highest BCUT2D eigenvalue weighted by Gasteiger charge is 2.32. The number of carbonyl (C=O) groups excluding carboxylic acids is 1. The second-order valence-corrected chi connectivity index (χ2v) is 15.3. The minimum Gasteiger partial charge on any atom is -0.390 e. The van der Waals surface area contributed by atoms with Crippen molar-refractivity contribution in [2.75, 3.05) is 29.8 Å². The molecule has 2 aromatic carbocycles. The van der Waals surface area contributed by atoms with Crippen LogP contribution in [0, 0.1) is 29.6 Å². The molecule has 2 saturated carbocycles. The lowest BCUT2D eigenvalue weighted by molar-refractivity contribution is 0.0830. The molecule has 45 heavy (non-hydrogen) atoms. The molecule has 1 amide bonds. The molecule has 0 bridgehead atoms. The third-order valence-electron chi connectivity index (χ3n) is 8.58. The van der Waals surface area contributed by atoms with Crippen LogP contribution in [-0.4, -0.2) is 63.0 Å². The Morgan fingerprint density at radius 3 is 2.49 bits per heavy atom. The van der Waals surface area contributed by atoms with Gasteiger partial charge in [0.25, 0.3) is 5.91 Å². The number of benzene rings is 2. The van der Waals surface area contributed by atoms with E-state index in [9.17, 15) is 18.3 Å². The van der Waals surface area contributed by atoms with Crippen LogP contribution >= 0.6 is 0 Å². The molecule has 4 N–H and O–H groups in total. The first kappa shape index (κ1) is 34.6. The molecule has 2 aliphatic rings. The summed E-state index contributed by atoms with van der Waals surface area (Å²) in [5.74, 6) is 7.89. The molecule has 244 valence electrons. The third kappa shape index (κ3) is 10.4. The van der Waals surface area contributed by atoms with Gasteiger partial charge in [-0.3, -0.25) is 14.4 Å². The fraction of sp³-hybridized carbons (Fsp3) is 0.528. The fourth-order valence-corrected chi connectivity index (χ4v) is 6.12. The Hall–Kier alpha value is -3.32. The van der Waals surface area contributed by atoms with Gasteiger partial charge in [0.15, 0.2) is 0 Å². The van der Waals surface area contributed by atoms with E-state index >= 15 is 0 Å². The number of anilines is 2. The molecule has 0 heterocycles. The molecule has 2 fully saturated rings. The van der Waals surface area contributed by atoms with Gasteiger partial charge in [0.1, 0.15) is 0 Å². The van der Waals surface area contributed by atoms with E-state index in [1.165, 1.54) is 11.4 Å². The number of aliphatic hydroxyl groups excluding tert-OH is 1. The van der Waals surface area contributed by atoms with Crippen LogP contribution in [-0.2, 0) is 16.4 Å². The summed E-state index contributed by atoms with van der Waals surface area (Å²) in [5, 5.41) is 20.7. The highest BCUT2D eigenvalue weighted by atomic mass is 32.2. The van der Waals surface area contributed by atoms with Crippen molar-refractivity contribution in [1.82, 2.24) is 10.6 Å². The summed E-state index contributed by atoms with van der Waals surface area (Å²) in [4.78, 5) is 13.9.